The molecule has 0 aliphatic rings. The molecule has 0 radical (unpaired) electrons. The van der Waals surface area contributed by atoms with Gasteiger partial charge in [0.25, 0.3) is 0 Å². The third-order valence-electron chi connectivity index (χ3n) is 5.93. The molecular formula is C23H41N7O5S. The van der Waals surface area contributed by atoms with Gasteiger partial charge in [-0.25, -0.2) is 9.78 Å². The van der Waals surface area contributed by atoms with Crippen LogP contribution in [0.25, 0.3) is 0 Å². The van der Waals surface area contributed by atoms with Crippen LogP contribution in [0.4, 0.5) is 0 Å². The summed E-state index contributed by atoms with van der Waals surface area (Å²) in [6, 6.07) is -3.85. The fourth-order valence-corrected chi connectivity index (χ4v) is 3.95. The number of imidazole rings is 1. The highest BCUT2D eigenvalue weighted by Gasteiger charge is 2.32. The van der Waals surface area contributed by atoms with Crippen molar-refractivity contribution in [3.05, 3.63) is 18.2 Å². The number of amides is 3. The smallest absolute Gasteiger partial charge is 0.326 e. The number of aromatic nitrogens is 2. The number of aliphatic carboxylic acids is 1. The molecule has 36 heavy (non-hydrogen) atoms. The first-order valence-corrected chi connectivity index (χ1v) is 13.6. The van der Waals surface area contributed by atoms with E-state index in [1.807, 2.05) is 13.2 Å². The summed E-state index contributed by atoms with van der Waals surface area (Å²) in [6.45, 7) is 4.10. The SMILES string of the molecule is CCC(C)C(NC(=O)C(CCSC)NC(=O)C(N)Cc1cnc[nH]1)C(=O)NC(CCCCN)C(=O)O. The van der Waals surface area contributed by atoms with Gasteiger partial charge in [-0.2, -0.15) is 11.8 Å². The van der Waals surface area contributed by atoms with Crippen LogP contribution < -0.4 is 27.4 Å². The summed E-state index contributed by atoms with van der Waals surface area (Å²) in [7, 11) is 0. The van der Waals surface area contributed by atoms with Crippen molar-refractivity contribution in [2.24, 2.45) is 17.4 Å². The minimum Gasteiger partial charge on any atom is -0.480 e. The third-order valence-corrected chi connectivity index (χ3v) is 6.57. The summed E-state index contributed by atoms with van der Waals surface area (Å²) >= 11 is 1.51. The number of nitrogens with zero attached hydrogens (tertiary/aromatic N) is 1. The molecule has 1 aromatic heterocycles. The fourth-order valence-electron chi connectivity index (χ4n) is 3.48. The van der Waals surface area contributed by atoms with Crippen LogP contribution in [0.15, 0.2) is 12.5 Å². The number of carbonyl (C=O) groups excluding carboxylic acids is 3. The van der Waals surface area contributed by atoms with Crippen molar-refractivity contribution in [2.75, 3.05) is 18.6 Å². The number of hydrogen-bond donors (Lipinski definition) is 7. The van der Waals surface area contributed by atoms with Gasteiger partial charge in [-0.1, -0.05) is 20.3 Å². The first-order chi connectivity index (χ1) is 17.1. The summed E-state index contributed by atoms with van der Waals surface area (Å²) in [6.07, 6.45) is 7.50. The van der Waals surface area contributed by atoms with Crippen LogP contribution in [-0.4, -0.2) is 81.5 Å². The Morgan fingerprint density at radius 3 is 2.33 bits per heavy atom. The van der Waals surface area contributed by atoms with Gasteiger partial charge in [0.1, 0.15) is 18.1 Å². The summed E-state index contributed by atoms with van der Waals surface area (Å²) in [4.78, 5) is 57.3. The van der Waals surface area contributed by atoms with Gasteiger partial charge in [0.05, 0.1) is 12.4 Å². The second-order valence-electron chi connectivity index (χ2n) is 8.79. The molecule has 0 spiro atoms. The molecule has 13 heteroatoms. The van der Waals surface area contributed by atoms with Gasteiger partial charge >= 0.3 is 5.97 Å². The van der Waals surface area contributed by atoms with Gasteiger partial charge < -0.3 is 37.5 Å². The Labute approximate surface area is 216 Å². The van der Waals surface area contributed by atoms with E-state index in [9.17, 15) is 24.3 Å². The number of H-pyrrole nitrogens is 1. The van der Waals surface area contributed by atoms with E-state index in [0.717, 1.165) is 0 Å². The molecule has 0 aliphatic carbocycles. The molecule has 204 valence electrons. The van der Waals surface area contributed by atoms with Gasteiger partial charge in [0.15, 0.2) is 0 Å². The van der Waals surface area contributed by atoms with Gasteiger partial charge in [-0.3, -0.25) is 14.4 Å². The number of unbranched alkanes of at least 4 members (excludes halogenated alkanes) is 1. The molecule has 0 aliphatic heterocycles. The lowest BCUT2D eigenvalue weighted by Crippen LogP contribution is -2.58. The van der Waals surface area contributed by atoms with E-state index in [2.05, 4.69) is 25.9 Å². The van der Waals surface area contributed by atoms with E-state index in [-0.39, 0.29) is 18.8 Å². The van der Waals surface area contributed by atoms with Crippen LogP contribution in [0.2, 0.25) is 0 Å². The Morgan fingerprint density at radius 2 is 1.78 bits per heavy atom. The molecule has 5 unspecified atom stereocenters. The van der Waals surface area contributed by atoms with E-state index >= 15 is 0 Å². The second kappa shape index (κ2) is 16.9. The van der Waals surface area contributed by atoms with E-state index in [4.69, 9.17) is 11.5 Å². The zero-order chi connectivity index (χ0) is 27.1. The minimum absolute atomic E-state index is 0.224. The normalized spacial score (nSPS) is 15.2. The molecule has 1 heterocycles. The molecule has 0 saturated carbocycles. The van der Waals surface area contributed by atoms with Crippen molar-refractivity contribution in [2.45, 2.75) is 76.5 Å². The summed E-state index contributed by atoms with van der Waals surface area (Å²) in [5.74, 6) is -2.43. The standard InChI is InChI=1S/C23H41N7O5S/c1-4-14(2)19(22(33)29-18(23(34)35)7-5-6-9-24)30-21(32)17(8-10-36-3)28-20(31)16(25)11-15-12-26-13-27-15/h12-14,16-19H,4-11,24-25H2,1-3H3,(H,26,27)(H,28,31)(H,29,33)(H,30,32)(H,34,35). The van der Waals surface area contributed by atoms with Crippen LogP contribution >= 0.6 is 11.8 Å². The van der Waals surface area contributed by atoms with Crippen LogP contribution in [0, 0.1) is 5.92 Å². The molecule has 3 amide bonds. The van der Waals surface area contributed by atoms with Crippen molar-refractivity contribution < 1.29 is 24.3 Å². The van der Waals surface area contributed by atoms with Gasteiger partial charge in [0, 0.05) is 18.3 Å². The summed E-state index contributed by atoms with van der Waals surface area (Å²) in [5, 5.41) is 17.5. The first-order valence-electron chi connectivity index (χ1n) is 12.2. The predicted molar refractivity (Wildman–Crippen MR) is 139 cm³/mol. The Morgan fingerprint density at radius 1 is 1.08 bits per heavy atom. The Bertz CT molecular complexity index is 824. The van der Waals surface area contributed by atoms with E-state index in [1.54, 1.807) is 13.1 Å². The van der Waals surface area contributed by atoms with E-state index < -0.39 is 47.9 Å². The molecular weight excluding hydrogens is 486 g/mol. The lowest BCUT2D eigenvalue weighted by Gasteiger charge is -2.28. The Hall–Kier alpha value is -2.64. The van der Waals surface area contributed by atoms with Crippen molar-refractivity contribution in [1.82, 2.24) is 25.9 Å². The summed E-state index contributed by atoms with van der Waals surface area (Å²) in [5.41, 5.74) is 12.2. The molecule has 0 fully saturated rings. The quantitative estimate of drug-likeness (QED) is 0.125. The number of carboxylic acids is 1. The molecule has 5 atom stereocenters. The Balaban J connectivity index is 2.91. The van der Waals surface area contributed by atoms with Gasteiger partial charge in [0.2, 0.25) is 17.7 Å². The topological polar surface area (TPSA) is 205 Å². The average Bonchev–Trinajstić information content (AvgIpc) is 3.36. The molecule has 12 nitrogen and oxygen atoms in total. The number of aromatic amines is 1. The third kappa shape index (κ3) is 11.0. The van der Waals surface area contributed by atoms with Crippen molar-refractivity contribution >= 4 is 35.5 Å². The lowest BCUT2D eigenvalue weighted by atomic mass is 9.97. The first kappa shape index (κ1) is 31.4. The number of nitrogens with one attached hydrogen (secondary N) is 4. The Kier molecular flexibility index (Phi) is 14.8. The molecule has 0 saturated heterocycles. The maximum Gasteiger partial charge on any atom is 0.326 e. The van der Waals surface area contributed by atoms with Crippen molar-refractivity contribution in [1.29, 1.82) is 0 Å². The number of carboxylic acid groups (broad SMARTS) is 1. The molecule has 9 N–H and O–H groups in total. The molecule has 1 rings (SSSR count). The maximum absolute atomic E-state index is 13.2. The minimum atomic E-state index is -1.15. The van der Waals surface area contributed by atoms with Crippen molar-refractivity contribution in [3.63, 3.8) is 0 Å². The highest BCUT2D eigenvalue weighted by molar-refractivity contribution is 7.98. The van der Waals surface area contributed by atoms with E-state index in [1.165, 1.54) is 18.1 Å². The van der Waals surface area contributed by atoms with Crippen molar-refractivity contribution in [3.8, 4) is 0 Å². The molecule has 1 aromatic rings. The van der Waals surface area contributed by atoms with Gasteiger partial charge in [-0.15, -0.1) is 0 Å². The van der Waals surface area contributed by atoms with Crippen LogP contribution in [0.1, 0.15) is 51.6 Å². The van der Waals surface area contributed by atoms with E-state index in [0.29, 0.717) is 43.7 Å². The molecule has 0 aromatic carbocycles. The average molecular weight is 528 g/mol. The predicted octanol–water partition coefficient (Wildman–Crippen LogP) is -0.253. The van der Waals surface area contributed by atoms with Crippen LogP contribution in [0.5, 0.6) is 0 Å². The zero-order valence-electron chi connectivity index (χ0n) is 21.3. The highest BCUT2D eigenvalue weighted by Crippen LogP contribution is 2.11. The van der Waals surface area contributed by atoms with Crippen LogP contribution in [0.3, 0.4) is 0 Å². The van der Waals surface area contributed by atoms with Gasteiger partial charge in [-0.05, 0) is 50.2 Å². The number of rotatable bonds is 18. The second-order valence-corrected chi connectivity index (χ2v) is 9.77. The monoisotopic (exact) mass is 527 g/mol. The fraction of sp³-hybridized carbons (Fsp3) is 0.696. The number of carbonyl (C=O) groups is 4. The molecule has 0 bridgehead atoms. The highest BCUT2D eigenvalue weighted by atomic mass is 32.2. The van der Waals surface area contributed by atoms with Crippen LogP contribution in [-0.2, 0) is 25.6 Å². The lowest BCUT2D eigenvalue weighted by molar-refractivity contribution is -0.143. The largest absolute Gasteiger partial charge is 0.480 e. The number of hydrogen-bond acceptors (Lipinski definition) is 8. The number of thioether (sulfide) groups is 1. The summed E-state index contributed by atoms with van der Waals surface area (Å²) < 4.78 is 0. The maximum atomic E-state index is 13.2. The zero-order valence-corrected chi connectivity index (χ0v) is 22.1. The number of nitrogens with two attached hydrogens (primary N) is 2.